The number of hydrogen-bond acceptors (Lipinski definition) is 3. The van der Waals surface area contributed by atoms with E-state index < -0.39 is 5.92 Å². The topological polar surface area (TPSA) is 43.4 Å². The lowest BCUT2D eigenvalue weighted by Gasteiger charge is -2.36. The second-order valence-electron chi connectivity index (χ2n) is 5.15. The molecule has 0 aromatic rings. The summed E-state index contributed by atoms with van der Waals surface area (Å²) in [5.41, 5.74) is 0.0637. The van der Waals surface area contributed by atoms with Crippen molar-refractivity contribution in [3.8, 4) is 0 Å². The van der Waals surface area contributed by atoms with Crippen molar-refractivity contribution in [3.05, 3.63) is 0 Å². The van der Waals surface area contributed by atoms with E-state index >= 15 is 0 Å². The molecule has 0 amide bonds. The zero-order valence-corrected chi connectivity index (χ0v) is 9.41. The monoisotopic (exact) mass is 210 g/mol. The molecule has 0 bridgehead atoms. The van der Waals surface area contributed by atoms with Gasteiger partial charge in [0, 0.05) is 6.42 Å². The van der Waals surface area contributed by atoms with Gasteiger partial charge in [0.2, 0.25) is 0 Å². The van der Waals surface area contributed by atoms with Crippen LogP contribution in [0.3, 0.4) is 0 Å². The first kappa shape index (κ1) is 10.7. The highest BCUT2D eigenvalue weighted by atomic mass is 16.5. The predicted molar refractivity (Wildman–Crippen MR) is 55.2 cm³/mol. The van der Waals surface area contributed by atoms with Gasteiger partial charge < -0.3 is 4.74 Å². The Morgan fingerprint density at radius 2 is 2.20 bits per heavy atom. The van der Waals surface area contributed by atoms with E-state index in [9.17, 15) is 9.59 Å². The van der Waals surface area contributed by atoms with E-state index in [4.69, 9.17) is 4.74 Å². The summed E-state index contributed by atoms with van der Waals surface area (Å²) < 4.78 is 4.74. The Bertz CT molecular complexity index is 297. The van der Waals surface area contributed by atoms with E-state index in [0.717, 1.165) is 19.3 Å². The first-order valence-electron chi connectivity index (χ1n) is 5.69. The lowest BCUT2D eigenvalue weighted by molar-refractivity contribution is -0.150. The van der Waals surface area contributed by atoms with Crippen molar-refractivity contribution in [3.63, 3.8) is 0 Å². The molecule has 2 aliphatic rings. The Labute approximate surface area is 90.2 Å². The van der Waals surface area contributed by atoms with E-state index in [-0.39, 0.29) is 23.1 Å². The van der Waals surface area contributed by atoms with Crippen LogP contribution in [0.15, 0.2) is 0 Å². The van der Waals surface area contributed by atoms with Gasteiger partial charge in [-0.1, -0.05) is 19.8 Å². The minimum Gasteiger partial charge on any atom is -0.468 e. The summed E-state index contributed by atoms with van der Waals surface area (Å²) in [4.78, 5) is 23.4. The van der Waals surface area contributed by atoms with Crippen LogP contribution in [0.4, 0.5) is 0 Å². The summed E-state index contributed by atoms with van der Waals surface area (Å²) in [6.07, 6.45) is 4.98. The number of Topliss-reactive ketones (excluding diaryl/α,β-unsaturated/α-hetero) is 1. The Hall–Kier alpha value is -0.860. The van der Waals surface area contributed by atoms with Crippen LogP contribution in [-0.2, 0) is 14.3 Å². The van der Waals surface area contributed by atoms with Crippen LogP contribution in [0.25, 0.3) is 0 Å². The molecule has 0 spiro atoms. The molecular weight excluding hydrogens is 192 g/mol. The van der Waals surface area contributed by atoms with E-state index in [2.05, 4.69) is 6.92 Å². The molecule has 15 heavy (non-hydrogen) atoms. The summed E-state index contributed by atoms with van der Waals surface area (Å²) in [6, 6.07) is 0. The van der Waals surface area contributed by atoms with E-state index in [0.29, 0.717) is 6.42 Å². The maximum absolute atomic E-state index is 11.8. The lowest BCUT2D eigenvalue weighted by atomic mass is 9.67. The number of fused-ring (bicyclic) bond motifs is 1. The number of esters is 1. The number of carbonyl (C=O) groups is 2. The largest absolute Gasteiger partial charge is 0.468 e. The Morgan fingerprint density at radius 1 is 1.47 bits per heavy atom. The first-order chi connectivity index (χ1) is 7.08. The highest BCUT2D eigenvalue weighted by Gasteiger charge is 2.54. The average Bonchev–Trinajstić information content (AvgIpc) is 2.47. The van der Waals surface area contributed by atoms with Gasteiger partial charge in [0.15, 0.2) is 0 Å². The maximum atomic E-state index is 11.8. The number of methoxy groups -OCH3 is 1. The molecule has 2 aliphatic carbocycles. The third-order valence-corrected chi connectivity index (χ3v) is 4.19. The van der Waals surface area contributed by atoms with Crippen molar-refractivity contribution in [1.29, 1.82) is 0 Å². The van der Waals surface area contributed by atoms with Crippen LogP contribution in [0, 0.1) is 17.3 Å². The van der Waals surface area contributed by atoms with Crippen molar-refractivity contribution in [2.24, 2.45) is 17.3 Å². The molecule has 2 fully saturated rings. The van der Waals surface area contributed by atoms with Crippen molar-refractivity contribution >= 4 is 11.8 Å². The van der Waals surface area contributed by atoms with Crippen LogP contribution in [0.5, 0.6) is 0 Å². The standard InChI is InChI=1S/C12H18O3/c1-12-6-4-3-5-8(12)10(9(13)7-12)11(14)15-2/h8,10H,3-7H2,1-2H3/t8-,10-,12-/m1/s1. The molecule has 0 aromatic heterocycles. The lowest BCUT2D eigenvalue weighted by Crippen LogP contribution is -2.33. The van der Waals surface area contributed by atoms with Gasteiger partial charge in [-0.05, 0) is 24.2 Å². The Kier molecular flexibility index (Phi) is 2.57. The number of ketones is 1. The number of carbonyl (C=O) groups excluding carboxylic acids is 2. The highest BCUT2D eigenvalue weighted by Crippen LogP contribution is 2.53. The summed E-state index contributed by atoms with van der Waals surface area (Å²) >= 11 is 0. The fourth-order valence-corrected chi connectivity index (χ4v) is 3.37. The molecule has 0 saturated heterocycles. The molecule has 0 radical (unpaired) electrons. The zero-order valence-electron chi connectivity index (χ0n) is 9.41. The second-order valence-corrected chi connectivity index (χ2v) is 5.15. The summed E-state index contributed by atoms with van der Waals surface area (Å²) in [5, 5.41) is 0. The maximum Gasteiger partial charge on any atom is 0.316 e. The van der Waals surface area contributed by atoms with Crippen LogP contribution < -0.4 is 0 Å². The molecular formula is C12H18O3. The zero-order chi connectivity index (χ0) is 11.1. The van der Waals surface area contributed by atoms with Gasteiger partial charge in [-0.3, -0.25) is 9.59 Å². The van der Waals surface area contributed by atoms with Gasteiger partial charge in [-0.25, -0.2) is 0 Å². The summed E-state index contributed by atoms with van der Waals surface area (Å²) in [5.74, 6) is -0.474. The normalized spacial score (nSPS) is 40.0. The molecule has 84 valence electrons. The molecule has 2 saturated carbocycles. The molecule has 3 atom stereocenters. The number of rotatable bonds is 1. The quantitative estimate of drug-likeness (QED) is 0.490. The molecule has 3 nitrogen and oxygen atoms in total. The van der Waals surface area contributed by atoms with E-state index in [1.54, 1.807) is 0 Å². The molecule has 0 aliphatic heterocycles. The molecule has 0 aromatic carbocycles. The van der Waals surface area contributed by atoms with Crippen LogP contribution in [-0.4, -0.2) is 18.9 Å². The highest BCUT2D eigenvalue weighted by molar-refractivity contribution is 6.01. The second kappa shape index (κ2) is 3.62. The van der Waals surface area contributed by atoms with Crippen molar-refractivity contribution in [2.75, 3.05) is 7.11 Å². The number of ether oxygens (including phenoxy) is 1. The molecule has 0 N–H and O–H groups in total. The average molecular weight is 210 g/mol. The third-order valence-electron chi connectivity index (χ3n) is 4.19. The molecule has 3 heteroatoms. The van der Waals surface area contributed by atoms with Crippen LogP contribution >= 0.6 is 0 Å². The van der Waals surface area contributed by atoms with Gasteiger partial charge in [0.1, 0.15) is 11.7 Å². The fraction of sp³-hybridized carbons (Fsp3) is 0.833. The van der Waals surface area contributed by atoms with Gasteiger partial charge in [0.05, 0.1) is 7.11 Å². The van der Waals surface area contributed by atoms with Gasteiger partial charge >= 0.3 is 5.97 Å². The third kappa shape index (κ3) is 1.58. The SMILES string of the molecule is COC(=O)[C@H]1C(=O)C[C@@]2(C)CCCC[C@H]12. The van der Waals surface area contributed by atoms with Gasteiger partial charge in [-0.15, -0.1) is 0 Å². The predicted octanol–water partition coefficient (Wildman–Crippen LogP) is 1.94. The molecule has 0 unspecified atom stereocenters. The van der Waals surface area contributed by atoms with Gasteiger partial charge in [0.25, 0.3) is 0 Å². The first-order valence-corrected chi connectivity index (χ1v) is 5.69. The minimum absolute atomic E-state index is 0.0637. The van der Waals surface area contributed by atoms with Gasteiger partial charge in [-0.2, -0.15) is 0 Å². The van der Waals surface area contributed by atoms with Crippen molar-refractivity contribution in [1.82, 2.24) is 0 Å². The fourth-order valence-electron chi connectivity index (χ4n) is 3.37. The summed E-state index contributed by atoms with van der Waals surface area (Å²) in [7, 11) is 1.37. The Balaban J connectivity index is 2.25. The van der Waals surface area contributed by atoms with E-state index in [1.165, 1.54) is 13.5 Å². The summed E-state index contributed by atoms with van der Waals surface area (Å²) in [6.45, 7) is 2.15. The smallest absolute Gasteiger partial charge is 0.316 e. The molecule has 0 heterocycles. The van der Waals surface area contributed by atoms with E-state index in [1.807, 2.05) is 0 Å². The number of hydrogen-bond donors (Lipinski definition) is 0. The van der Waals surface area contributed by atoms with Crippen LogP contribution in [0.2, 0.25) is 0 Å². The van der Waals surface area contributed by atoms with Crippen molar-refractivity contribution < 1.29 is 14.3 Å². The van der Waals surface area contributed by atoms with Crippen molar-refractivity contribution in [2.45, 2.75) is 39.0 Å². The van der Waals surface area contributed by atoms with Crippen LogP contribution in [0.1, 0.15) is 39.0 Å². The minimum atomic E-state index is -0.472. The Morgan fingerprint density at radius 3 is 2.87 bits per heavy atom. The molecule has 2 rings (SSSR count).